The summed E-state index contributed by atoms with van der Waals surface area (Å²) in [5.41, 5.74) is 8.81. The molecule has 2 aliphatic rings. The van der Waals surface area contributed by atoms with Crippen molar-refractivity contribution < 1.29 is 9.84 Å². The third-order valence-electron chi connectivity index (χ3n) is 4.55. The summed E-state index contributed by atoms with van der Waals surface area (Å²) >= 11 is 0. The first-order valence-electron chi connectivity index (χ1n) is 7.59. The number of anilines is 1. The van der Waals surface area contributed by atoms with Gasteiger partial charge in [-0.2, -0.15) is 0 Å². The van der Waals surface area contributed by atoms with E-state index in [1.54, 1.807) is 0 Å². The molecule has 2 unspecified atom stereocenters. The zero-order valence-electron chi connectivity index (χ0n) is 12.4. The first kappa shape index (κ1) is 14.4. The molecule has 5 nitrogen and oxygen atoms in total. The fraction of sp³-hybridized carbons (Fsp3) is 0.562. The van der Waals surface area contributed by atoms with E-state index >= 15 is 0 Å². The Kier molecular flexibility index (Phi) is 3.87. The van der Waals surface area contributed by atoms with E-state index in [2.05, 4.69) is 22.4 Å². The summed E-state index contributed by atoms with van der Waals surface area (Å²) in [5, 5.41) is 13.5. The van der Waals surface area contributed by atoms with E-state index in [1.165, 1.54) is 24.0 Å². The van der Waals surface area contributed by atoms with Gasteiger partial charge >= 0.3 is 0 Å². The molecule has 4 N–H and O–H groups in total. The van der Waals surface area contributed by atoms with Gasteiger partial charge in [-0.05, 0) is 49.4 Å². The van der Waals surface area contributed by atoms with Gasteiger partial charge in [0, 0.05) is 18.7 Å². The van der Waals surface area contributed by atoms with Gasteiger partial charge in [0.2, 0.25) is 0 Å². The molecule has 0 aromatic heterocycles. The molecule has 1 heterocycles. The molecule has 2 atom stereocenters. The number of hydrogen-bond acceptors (Lipinski definition) is 3. The monoisotopic (exact) mass is 289 g/mol. The van der Waals surface area contributed by atoms with Gasteiger partial charge < -0.3 is 20.9 Å². The molecule has 21 heavy (non-hydrogen) atoms. The van der Waals surface area contributed by atoms with Crippen LogP contribution in [0.1, 0.15) is 30.9 Å². The smallest absolute Gasteiger partial charge is 0.193 e. The normalized spacial score (nSPS) is 28.7. The van der Waals surface area contributed by atoms with Crippen molar-refractivity contribution in [3.63, 3.8) is 0 Å². The Hall–Kier alpha value is -1.59. The van der Waals surface area contributed by atoms with E-state index < -0.39 is 5.60 Å². The summed E-state index contributed by atoms with van der Waals surface area (Å²) in [6.45, 7) is 2.70. The number of benzene rings is 1. The molecule has 0 radical (unpaired) electrons. The van der Waals surface area contributed by atoms with Crippen molar-refractivity contribution in [3.8, 4) is 0 Å². The third kappa shape index (κ3) is 3.04. The highest BCUT2D eigenvalue weighted by Crippen LogP contribution is 2.26. The Labute approximate surface area is 125 Å². The Balaban J connectivity index is 1.63. The summed E-state index contributed by atoms with van der Waals surface area (Å²) in [4.78, 5) is 4.27. The number of ether oxygens (including phenoxy) is 1. The predicted octanol–water partition coefficient (Wildman–Crippen LogP) is 1.44. The van der Waals surface area contributed by atoms with Gasteiger partial charge in [-0.25, -0.2) is 0 Å². The standard InChI is InChI=1S/C16H23N3O2/c1-11-16(20,7-8-21-11)10-18-15(17)19-14-6-5-12-3-2-4-13(12)9-14/h5-6,9,11,20H,2-4,7-8,10H2,1H3,(H3,17,18,19). The van der Waals surface area contributed by atoms with Gasteiger partial charge in [-0.15, -0.1) is 0 Å². The zero-order valence-corrected chi connectivity index (χ0v) is 12.4. The molecule has 1 aromatic rings. The molecule has 114 valence electrons. The number of guanidine groups is 1. The van der Waals surface area contributed by atoms with Crippen molar-refractivity contribution in [2.24, 2.45) is 10.7 Å². The van der Waals surface area contributed by atoms with E-state index in [0.29, 0.717) is 19.0 Å². The Bertz CT molecular complexity index is 558. The maximum atomic E-state index is 10.4. The summed E-state index contributed by atoms with van der Waals surface area (Å²) < 4.78 is 5.39. The molecule has 1 fully saturated rings. The number of hydrogen-bond donors (Lipinski definition) is 3. The predicted molar refractivity (Wildman–Crippen MR) is 83.6 cm³/mol. The number of aliphatic imine (C=N–C) groups is 1. The van der Waals surface area contributed by atoms with Crippen LogP contribution < -0.4 is 11.1 Å². The summed E-state index contributed by atoms with van der Waals surface area (Å²) in [7, 11) is 0. The number of fused-ring (bicyclic) bond motifs is 1. The zero-order chi connectivity index (χ0) is 14.9. The van der Waals surface area contributed by atoms with Crippen LogP contribution in [0.15, 0.2) is 23.2 Å². The number of nitrogens with one attached hydrogen (secondary N) is 1. The molecular formula is C16H23N3O2. The van der Waals surface area contributed by atoms with Crippen LogP contribution in [0.3, 0.4) is 0 Å². The van der Waals surface area contributed by atoms with Crippen molar-refractivity contribution in [3.05, 3.63) is 29.3 Å². The molecule has 0 bridgehead atoms. The van der Waals surface area contributed by atoms with Crippen molar-refractivity contribution in [1.82, 2.24) is 0 Å². The molecule has 1 aliphatic carbocycles. The number of aliphatic hydroxyl groups is 1. The van der Waals surface area contributed by atoms with Crippen molar-refractivity contribution in [2.75, 3.05) is 18.5 Å². The Morgan fingerprint density at radius 1 is 1.48 bits per heavy atom. The number of nitrogens with zero attached hydrogens (tertiary/aromatic N) is 1. The van der Waals surface area contributed by atoms with Crippen LogP contribution in [0.5, 0.6) is 0 Å². The van der Waals surface area contributed by atoms with Crippen LogP contribution >= 0.6 is 0 Å². The lowest BCUT2D eigenvalue weighted by Crippen LogP contribution is -2.40. The van der Waals surface area contributed by atoms with Gasteiger partial charge in [-0.1, -0.05) is 6.07 Å². The maximum absolute atomic E-state index is 10.4. The summed E-state index contributed by atoms with van der Waals surface area (Å²) in [6, 6.07) is 6.32. The summed E-state index contributed by atoms with van der Waals surface area (Å²) in [6.07, 6.45) is 3.94. The molecule has 3 rings (SSSR count). The molecule has 0 spiro atoms. The fourth-order valence-electron chi connectivity index (χ4n) is 3.04. The quantitative estimate of drug-likeness (QED) is 0.581. The van der Waals surface area contributed by atoms with Crippen LogP contribution in [0.25, 0.3) is 0 Å². The average Bonchev–Trinajstić information content (AvgIpc) is 3.04. The molecular weight excluding hydrogens is 266 g/mol. The first-order chi connectivity index (χ1) is 10.1. The lowest BCUT2D eigenvalue weighted by molar-refractivity contribution is -0.0201. The third-order valence-corrected chi connectivity index (χ3v) is 4.55. The topological polar surface area (TPSA) is 79.9 Å². The van der Waals surface area contributed by atoms with E-state index in [-0.39, 0.29) is 12.6 Å². The van der Waals surface area contributed by atoms with Crippen LogP contribution in [0.4, 0.5) is 5.69 Å². The van der Waals surface area contributed by atoms with Gasteiger partial charge in [-0.3, -0.25) is 4.99 Å². The molecule has 0 amide bonds. The number of nitrogens with two attached hydrogens (primary N) is 1. The van der Waals surface area contributed by atoms with E-state index in [4.69, 9.17) is 10.5 Å². The highest BCUT2D eigenvalue weighted by Gasteiger charge is 2.39. The molecule has 1 saturated heterocycles. The van der Waals surface area contributed by atoms with Crippen molar-refractivity contribution in [1.29, 1.82) is 0 Å². The molecule has 0 saturated carbocycles. The van der Waals surface area contributed by atoms with Crippen LogP contribution in [0, 0.1) is 0 Å². The highest BCUT2D eigenvalue weighted by atomic mass is 16.5. The largest absolute Gasteiger partial charge is 0.385 e. The second-order valence-electron chi connectivity index (χ2n) is 6.03. The highest BCUT2D eigenvalue weighted by molar-refractivity contribution is 5.92. The van der Waals surface area contributed by atoms with Crippen LogP contribution in [0.2, 0.25) is 0 Å². The molecule has 1 aromatic carbocycles. The van der Waals surface area contributed by atoms with Gasteiger partial charge in [0.15, 0.2) is 5.96 Å². The lowest BCUT2D eigenvalue weighted by atomic mass is 9.97. The van der Waals surface area contributed by atoms with Gasteiger partial charge in [0.1, 0.15) is 5.60 Å². The van der Waals surface area contributed by atoms with Crippen LogP contribution in [-0.2, 0) is 17.6 Å². The average molecular weight is 289 g/mol. The summed E-state index contributed by atoms with van der Waals surface area (Å²) in [5.74, 6) is 0.334. The van der Waals surface area contributed by atoms with Crippen molar-refractivity contribution in [2.45, 2.75) is 44.3 Å². The minimum absolute atomic E-state index is 0.200. The second kappa shape index (κ2) is 5.66. The van der Waals surface area contributed by atoms with Crippen molar-refractivity contribution >= 4 is 11.6 Å². The number of aryl methyl sites for hydroxylation is 2. The Morgan fingerprint density at radius 3 is 3.05 bits per heavy atom. The molecule has 5 heteroatoms. The minimum Gasteiger partial charge on any atom is -0.385 e. The fourth-order valence-corrected chi connectivity index (χ4v) is 3.04. The van der Waals surface area contributed by atoms with E-state index in [1.807, 2.05) is 13.0 Å². The number of rotatable bonds is 3. The van der Waals surface area contributed by atoms with E-state index in [0.717, 1.165) is 12.1 Å². The SMILES string of the molecule is CC1OCCC1(O)CN=C(N)Nc1ccc2c(c1)CCC2. The lowest BCUT2D eigenvalue weighted by Gasteiger charge is -2.23. The molecule has 1 aliphatic heterocycles. The van der Waals surface area contributed by atoms with E-state index in [9.17, 15) is 5.11 Å². The Morgan fingerprint density at radius 2 is 2.29 bits per heavy atom. The minimum atomic E-state index is -0.899. The maximum Gasteiger partial charge on any atom is 0.193 e. The van der Waals surface area contributed by atoms with Gasteiger partial charge in [0.05, 0.1) is 12.6 Å². The first-order valence-corrected chi connectivity index (χ1v) is 7.59. The van der Waals surface area contributed by atoms with Crippen LogP contribution in [-0.4, -0.2) is 35.9 Å². The van der Waals surface area contributed by atoms with Gasteiger partial charge in [0.25, 0.3) is 0 Å². The second-order valence-corrected chi connectivity index (χ2v) is 6.03.